The number of rotatable bonds is 5. The van der Waals surface area contributed by atoms with Crippen LogP contribution in [-0.2, 0) is 11.2 Å². The molecular weight excluding hydrogens is 412 g/mol. The Morgan fingerprint density at radius 3 is 2.90 bits per heavy atom. The molecule has 160 valence electrons. The van der Waals surface area contributed by atoms with Crippen LogP contribution in [0.4, 0.5) is 0 Å². The minimum Gasteiger partial charge on any atom is -0.456 e. The van der Waals surface area contributed by atoms with Gasteiger partial charge in [0.1, 0.15) is 23.4 Å². The van der Waals surface area contributed by atoms with Crippen molar-refractivity contribution in [2.45, 2.75) is 38.1 Å². The molecule has 0 saturated carbocycles. The first-order chi connectivity index (χ1) is 14.6. The van der Waals surface area contributed by atoms with Crippen LogP contribution in [0, 0.1) is 11.3 Å². The lowest BCUT2D eigenvalue weighted by molar-refractivity contribution is -0.131. The summed E-state index contributed by atoms with van der Waals surface area (Å²) in [5, 5.41) is 9.50. The normalized spacial score (nSPS) is 16.2. The minimum atomic E-state index is 0. The zero-order valence-electron chi connectivity index (χ0n) is 17.4. The number of halogens is 1. The third-order valence-electron chi connectivity index (χ3n) is 5.54. The summed E-state index contributed by atoms with van der Waals surface area (Å²) in [4.78, 5) is 21.5. The quantitative estimate of drug-likeness (QED) is 0.598. The highest BCUT2D eigenvalue weighted by Gasteiger charge is 2.24. The fraction of sp³-hybridized carbons (Fsp3) is 0.292. The number of hydrogen-bond acceptors (Lipinski definition) is 4. The topological polar surface area (TPSA) is 82.0 Å². The molecule has 0 radical (unpaired) electrons. The number of imidazole rings is 1. The molecule has 3 aromatic rings. The van der Waals surface area contributed by atoms with E-state index in [1.807, 2.05) is 48.3 Å². The molecule has 1 unspecified atom stereocenters. The highest BCUT2D eigenvalue weighted by Crippen LogP contribution is 2.33. The first-order valence-electron chi connectivity index (χ1n) is 10.2. The van der Waals surface area contributed by atoms with Crippen LogP contribution in [0.2, 0.25) is 0 Å². The molecule has 2 heterocycles. The molecular formula is C24H25ClN4O2. The van der Waals surface area contributed by atoms with E-state index in [2.05, 4.69) is 16.0 Å². The number of aromatic nitrogens is 2. The van der Waals surface area contributed by atoms with Crippen LogP contribution in [0.5, 0.6) is 11.5 Å². The van der Waals surface area contributed by atoms with Gasteiger partial charge >= 0.3 is 0 Å². The molecule has 0 bridgehead atoms. The third kappa shape index (κ3) is 5.25. The Kier molecular flexibility index (Phi) is 7.32. The van der Waals surface area contributed by atoms with Gasteiger partial charge in [0.05, 0.1) is 11.6 Å². The van der Waals surface area contributed by atoms with Crippen molar-refractivity contribution in [3.8, 4) is 17.6 Å². The van der Waals surface area contributed by atoms with Crippen LogP contribution in [-0.4, -0.2) is 27.8 Å². The summed E-state index contributed by atoms with van der Waals surface area (Å²) < 4.78 is 6.13. The average molecular weight is 437 g/mol. The van der Waals surface area contributed by atoms with Crippen molar-refractivity contribution in [1.82, 2.24) is 14.9 Å². The molecule has 7 heteroatoms. The van der Waals surface area contributed by atoms with E-state index in [4.69, 9.17) is 4.74 Å². The summed E-state index contributed by atoms with van der Waals surface area (Å²) in [5.74, 6) is 2.21. The van der Waals surface area contributed by atoms with Gasteiger partial charge in [-0.2, -0.15) is 5.26 Å². The number of nitrogens with zero attached hydrogens (tertiary/aromatic N) is 3. The lowest BCUT2D eigenvalue weighted by atomic mass is 10.0. The fourth-order valence-corrected chi connectivity index (χ4v) is 3.90. The van der Waals surface area contributed by atoms with E-state index in [1.54, 1.807) is 18.5 Å². The zero-order chi connectivity index (χ0) is 20.9. The second-order valence-electron chi connectivity index (χ2n) is 7.60. The predicted octanol–water partition coefficient (Wildman–Crippen LogP) is 5.16. The van der Waals surface area contributed by atoms with Gasteiger partial charge in [-0.3, -0.25) is 4.79 Å². The van der Waals surface area contributed by atoms with Gasteiger partial charge in [-0.1, -0.05) is 24.6 Å². The van der Waals surface area contributed by atoms with Crippen molar-refractivity contribution in [2.75, 3.05) is 7.05 Å². The van der Waals surface area contributed by atoms with Gasteiger partial charge in [0, 0.05) is 32.3 Å². The van der Waals surface area contributed by atoms with Crippen LogP contribution in [0.25, 0.3) is 0 Å². The van der Waals surface area contributed by atoms with E-state index in [9.17, 15) is 10.1 Å². The molecule has 1 aliphatic heterocycles. The highest BCUT2D eigenvalue weighted by molar-refractivity contribution is 5.85. The van der Waals surface area contributed by atoms with Crippen molar-refractivity contribution in [2.24, 2.45) is 0 Å². The standard InChI is InChI=1S/C24H24N4O2.ClH/c1-28-21(7-2-3-8-24(28)29)18-5-4-6-20(15-18)30-22-13-17(9-10-19(22)16-25)14-23-26-11-12-27-23;/h4-6,9-13,15,21H,2-3,7-8,14H2,1H3,(H,26,27);1H. The molecule has 1 aromatic heterocycles. The number of likely N-dealkylation sites (tertiary alicyclic amines) is 1. The number of aromatic amines is 1. The van der Waals surface area contributed by atoms with Crippen molar-refractivity contribution in [1.29, 1.82) is 5.26 Å². The minimum absolute atomic E-state index is 0. The summed E-state index contributed by atoms with van der Waals surface area (Å²) in [7, 11) is 1.87. The fourth-order valence-electron chi connectivity index (χ4n) is 3.90. The summed E-state index contributed by atoms with van der Waals surface area (Å²) in [6.07, 6.45) is 7.65. The van der Waals surface area contributed by atoms with Gasteiger partial charge in [-0.25, -0.2) is 4.98 Å². The summed E-state index contributed by atoms with van der Waals surface area (Å²) in [6.45, 7) is 0. The Labute approximate surface area is 188 Å². The SMILES string of the molecule is CN1C(=O)CCCCC1c1cccc(Oc2cc(Cc3ncc[nH]3)ccc2C#N)c1.Cl. The van der Waals surface area contributed by atoms with Gasteiger partial charge < -0.3 is 14.6 Å². The molecule has 4 rings (SSSR count). The number of amides is 1. The molecule has 31 heavy (non-hydrogen) atoms. The second kappa shape index (κ2) is 10.1. The van der Waals surface area contributed by atoms with E-state index >= 15 is 0 Å². The molecule has 1 atom stereocenters. The van der Waals surface area contributed by atoms with Gasteiger partial charge in [-0.15, -0.1) is 12.4 Å². The molecule has 1 saturated heterocycles. The Morgan fingerprint density at radius 1 is 1.26 bits per heavy atom. The lowest BCUT2D eigenvalue weighted by Gasteiger charge is -2.26. The van der Waals surface area contributed by atoms with Gasteiger partial charge in [0.25, 0.3) is 0 Å². The maximum Gasteiger partial charge on any atom is 0.222 e. The van der Waals surface area contributed by atoms with Crippen LogP contribution in [0.1, 0.15) is 54.2 Å². The van der Waals surface area contributed by atoms with Crippen molar-refractivity contribution < 1.29 is 9.53 Å². The van der Waals surface area contributed by atoms with Crippen molar-refractivity contribution >= 4 is 18.3 Å². The molecule has 1 aliphatic rings. The van der Waals surface area contributed by atoms with E-state index in [0.717, 1.165) is 36.2 Å². The molecule has 2 aromatic carbocycles. The number of H-pyrrole nitrogens is 1. The van der Waals surface area contributed by atoms with Gasteiger partial charge in [-0.05, 0) is 48.2 Å². The van der Waals surface area contributed by atoms with Crippen LogP contribution >= 0.6 is 12.4 Å². The number of ether oxygens (including phenoxy) is 1. The number of hydrogen-bond donors (Lipinski definition) is 1. The monoisotopic (exact) mass is 436 g/mol. The molecule has 0 spiro atoms. The van der Waals surface area contributed by atoms with Crippen molar-refractivity contribution in [3.63, 3.8) is 0 Å². The number of carbonyl (C=O) groups is 1. The third-order valence-corrected chi connectivity index (χ3v) is 5.54. The van der Waals surface area contributed by atoms with E-state index < -0.39 is 0 Å². The molecule has 1 amide bonds. The maximum atomic E-state index is 12.3. The average Bonchev–Trinajstić information content (AvgIpc) is 3.20. The Balaban J connectivity index is 0.00000272. The maximum absolute atomic E-state index is 12.3. The first-order valence-corrected chi connectivity index (χ1v) is 10.2. The second-order valence-corrected chi connectivity index (χ2v) is 7.60. The first kappa shape index (κ1) is 22.4. The number of carbonyl (C=O) groups excluding carboxylic acids is 1. The molecule has 6 nitrogen and oxygen atoms in total. The summed E-state index contributed by atoms with van der Waals surface area (Å²) >= 11 is 0. The van der Waals surface area contributed by atoms with E-state index in [0.29, 0.717) is 29.9 Å². The number of nitriles is 1. The summed E-state index contributed by atoms with van der Waals surface area (Å²) in [6, 6.07) is 15.6. The van der Waals surface area contributed by atoms with Crippen LogP contribution < -0.4 is 4.74 Å². The smallest absolute Gasteiger partial charge is 0.222 e. The summed E-state index contributed by atoms with van der Waals surface area (Å²) in [5.41, 5.74) is 2.53. The predicted molar refractivity (Wildman–Crippen MR) is 120 cm³/mol. The Hall–Kier alpha value is -3.30. The van der Waals surface area contributed by atoms with Crippen LogP contribution in [0.15, 0.2) is 54.9 Å². The molecule has 0 aliphatic carbocycles. The lowest BCUT2D eigenvalue weighted by Crippen LogP contribution is -2.29. The van der Waals surface area contributed by atoms with Gasteiger partial charge in [0.2, 0.25) is 5.91 Å². The Morgan fingerprint density at radius 2 is 2.13 bits per heavy atom. The Bertz CT molecular complexity index is 1080. The largest absolute Gasteiger partial charge is 0.456 e. The number of benzene rings is 2. The van der Waals surface area contributed by atoms with Crippen molar-refractivity contribution in [3.05, 3.63) is 77.4 Å². The van der Waals surface area contributed by atoms with Crippen LogP contribution in [0.3, 0.4) is 0 Å². The van der Waals surface area contributed by atoms with Gasteiger partial charge in [0.15, 0.2) is 0 Å². The molecule has 1 N–H and O–H groups in total. The van der Waals surface area contributed by atoms with E-state index in [-0.39, 0.29) is 24.4 Å². The number of nitrogens with one attached hydrogen (secondary N) is 1. The zero-order valence-corrected chi connectivity index (χ0v) is 18.2. The highest BCUT2D eigenvalue weighted by atomic mass is 35.5. The van der Waals surface area contributed by atoms with E-state index in [1.165, 1.54) is 0 Å². The molecule has 1 fully saturated rings.